The van der Waals surface area contributed by atoms with Crippen LogP contribution in [-0.4, -0.2) is 74.5 Å². The van der Waals surface area contributed by atoms with E-state index in [1.165, 1.54) is 25.9 Å². The van der Waals surface area contributed by atoms with Crippen LogP contribution in [0.4, 0.5) is 0 Å². The van der Waals surface area contributed by atoms with Gasteiger partial charge in [0.15, 0.2) is 0 Å². The number of morpholine rings is 2. The van der Waals surface area contributed by atoms with Crippen LogP contribution in [0.15, 0.2) is 0 Å². The molecule has 106 valence electrons. The summed E-state index contributed by atoms with van der Waals surface area (Å²) in [4.78, 5) is 5.08. The van der Waals surface area contributed by atoms with Crippen LogP contribution in [0.3, 0.4) is 0 Å². The second-order valence-corrected chi connectivity index (χ2v) is 5.67. The zero-order valence-corrected chi connectivity index (χ0v) is 11.9. The molecule has 2 rings (SSSR count). The number of unbranched alkanes of at least 4 members (excludes halogenated alkanes) is 1. The first-order valence-electron chi connectivity index (χ1n) is 7.42. The second-order valence-electron chi connectivity index (χ2n) is 5.67. The van der Waals surface area contributed by atoms with Gasteiger partial charge in [0.25, 0.3) is 0 Å². The van der Waals surface area contributed by atoms with Crippen molar-refractivity contribution in [2.24, 2.45) is 0 Å². The monoisotopic (exact) mass is 256 g/mol. The van der Waals surface area contributed by atoms with E-state index in [0.29, 0.717) is 12.2 Å². The van der Waals surface area contributed by atoms with Crippen molar-refractivity contribution in [3.63, 3.8) is 0 Å². The zero-order valence-electron chi connectivity index (χ0n) is 11.9. The fourth-order valence-electron chi connectivity index (χ4n) is 2.86. The van der Waals surface area contributed by atoms with Gasteiger partial charge in [0.05, 0.1) is 25.4 Å². The van der Waals surface area contributed by atoms with Crippen LogP contribution in [0.1, 0.15) is 26.7 Å². The first-order valence-corrected chi connectivity index (χ1v) is 7.42. The lowest BCUT2D eigenvalue weighted by atomic mass is 10.2. The highest BCUT2D eigenvalue weighted by Gasteiger charge is 2.17. The van der Waals surface area contributed by atoms with Crippen molar-refractivity contribution < 1.29 is 9.47 Å². The average Bonchev–Trinajstić information content (AvgIpc) is 2.35. The summed E-state index contributed by atoms with van der Waals surface area (Å²) >= 11 is 0. The van der Waals surface area contributed by atoms with E-state index in [-0.39, 0.29) is 0 Å². The van der Waals surface area contributed by atoms with E-state index in [9.17, 15) is 0 Å². The molecule has 2 atom stereocenters. The highest BCUT2D eigenvalue weighted by atomic mass is 16.5. The van der Waals surface area contributed by atoms with Crippen molar-refractivity contribution in [1.29, 1.82) is 0 Å². The molecule has 0 aromatic heterocycles. The summed E-state index contributed by atoms with van der Waals surface area (Å²) in [5.74, 6) is 0. The van der Waals surface area contributed by atoms with E-state index in [4.69, 9.17) is 9.47 Å². The van der Waals surface area contributed by atoms with Crippen LogP contribution < -0.4 is 0 Å². The summed E-state index contributed by atoms with van der Waals surface area (Å²) in [6.45, 7) is 13.0. The lowest BCUT2D eigenvalue weighted by Crippen LogP contribution is -2.42. The molecule has 0 saturated carbocycles. The van der Waals surface area contributed by atoms with E-state index in [0.717, 1.165) is 39.4 Å². The molecule has 2 unspecified atom stereocenters. The molecule has 0 aromatic rings. The first kappa shape index (κ1) is 14.3. The largest absolute Gasteiger partial charge is 0.376 e. The minimum Gasteiger partial charge on any atom is -0.376 e. The van der Waals surface area contributed by atoms with Crippen molar-refractivity contribution in [3.05, 3.63) is 0 Å². The Labute approximate surface area is 111 Å². The van der Waals surface area contributed by atoms with Gasteiger partial charge in [-0.1, -0.05) is 0 Å². The van der Waals surface area contributed by atoms with Gasteiger partial charge in [-0.05, 0) is 39.8 Å². The lowest BCUT2D eigenvalue weighted by molar-refractivity contribution is -0.0234. The van der Waals surface area contributed by atoms with Crippen LogP contribution in [0.5, 0.6) is 0 Å². The molecule has 18 heavy (non-hydrogen) atoms. The number of ether oxygens (including phenoxy) is 2. The summed E-state index contributed by atoms with van der Waals surface area (Å²) in [5.41, 5.74) is 0. The SMILES string of the molecule is CC1CN(CCCCN2CCOC(C)C2)CCO1. The molecular formula is C14H28N2O2. The molecule has 2 aliphatic rings. The van der Waals surface area contributed by atoms with Gasteiger partial charge in [0.2, 0.25) is 0 Å². The van der Waals surface area contributed by atoms with Crippen molar-refractivity contribution in [2.45, 2.75) is 38.9 Å². The topological polar surface area (TPSA) is 24.9 Å². The fourth-order valence-corrected chi connectivity index (χ4v) is 2.86. The highest BCUT2D eigenvalue weighted by molar-refractivity contribution is 4.70. The van der Waals surface area contributed by atoms with Gasteiger partial charge in [-0.25, -0.2) is 0 Å². The number of hydrogen-bond donors (Lipinski definition) is 0. The Morgan fingerprint density at radius 2 is 1.28 bits per heavy atom. The molecule has 0 radical (unpaired) electrons. The molecule has 0 amide bonds. The van der Waals surface area contributed by atoms with Gasteiger partial charge >= 0.3 is 0 Å². The molecule has 4 heteroatoms. The van der Waals surface area contributed by atoms with Gasteiger partial charge in [0, 0.05) is 26.2 Å². The van der Waals surface area contributed by atoms with Gasteiger partial charge in [-0.15, -0.1) is 0 Å². The van der Waals surface area contributed by atoms with Crippen LogP contribution >= 0.6 is 0 Å². The molecule has 4 nitrogen and oxygen atoms in total. The van der Waals surface area contributed by atoms with Crippen LogP contribution in [0, 0.1) is 0 Å². The Balaban J connectivity index is 1.52. The summed E-state index contributed by atoms with van der Waals surface area (Å²) < 4.78 is 11.1. The highest BCUT2D eigenvalue weighted by Crippen LogP contribution is 2.08. The smallest absolute Gasteiger partial charge is 0.0674 e. The second kappa shape index (κ2) is 7.43. The summed E-state index contributed by atoms with van der Waals surface area (Å²) in [5, 5.41) is 0. The Kier molecular flexibility index (Phi) is 5.89. The normalized spacial score (nSPS) is 31.7. The molecule has 0 aromatic carbocycles. The van der Waals surface area contributed by atoms with E-state index in [1.54, 1.807) is 0 Å². The third-order valence-corrected chi connectivity index (χ3v) is 3.85. The molecule has 2 saturated heterocycles. The number of hydrogen-bond acceptors (Lipinski definition) is 4. The molecule has 2 fully saturated rings. The van der Waals surface area contributed by atoms with Gasteiger partial charge in [-0.2, -0.15) is 0 Å². The molecule has 0 aliphatic carbocycles. The predicted molar refractivity (Wildman–Crippen MR) is 72.9 cm³/mol. The zero-order chi connectivity index (χ0) is 12.8. The molecular weight excluding hydrogens is 228 g/mol. The van der Waals surface area contributed by atoms with Gasteiger partial charge in [0.1, 0.15) is 0 Å². The van der Waals surface area contributed by atoms with Crippen molar-refractivity contribution in [3.8, 4) is 0 Å². The van der Waals surface area contributed by atoms with E-state index in [1.807, 2.05) is 0 Å². The van der Waals surface area contributed by atoms with Gasteiger partial charge in [-0.3, -0.25) is 9.80 Å². The Morgan fingerprint density at radius 3 is 1.67 bits per heavy atom. The molecule has 2 heterocycles. The van der Waals surface area contributed by atoms with Crippen molar-refractivity contribution in [1.82, 2.24) is 9.80 Å². The van der Waals surface area contributed by atoms with Crippen LogP contribution in [0.2, 0.25) is 0 Å². The quantitative estimate of drug-likeness (QED) is 0.690. The third-order valence-electron chi connectivity index (χ3n) is 3.85. The lowest BCUT2D eigenvalue weighted by Gasteiger charge is -2.32. The molecule has 0 spiro atoms. The van der Waals surface area contributed by atoms with Crippen molar-refractivity contribution >= 4 is 0 Å². The predicted octanol–water partition coefficient (Wildman–Crippen LogP) is 1.21. The average molecular weight is 256 g/mol. The Morgan fingerprint density at radius 1 is 0.833 bits per heavy atom. The summed E-state index contributed by atoms with van der Waals surface area (Å²) in [7, 11) is 0. The maximum absolute atomic E-state index is 5.56. The van der Waals surface area contributed by atoms with E-state index < -0.39 is 0 Å². The maximum atomic E-state index is 5.56. The summed E-state index contributed by atoms with van der Waals surface area (Å²) in [6.07, 6.45) is 3.44. The minimum atomic E-state index is 0.416. The molecule has 0 bridgehead atoms. The maximum Gasteiger partial charge on any atom is 0.0674 e. The van der Waals surface area contributed by atoms with Gasteiger partial charge < -0.3 is 9.47 Å². The molecule has 0 N–H and O–H groups in total. The molecule has 2 aliphatic heterocycles. The minimum absolute atomic E-state index is 0.416. The van der Waals surface area contributed by atoms with Crippen molar-refractivity contribution in [2.75, 3.05) is 52.5 Å². The third kappa shape index (κ3) is 4.84. The van der Waals surface area contributed by atoms with E-state index in [2.05, 4.69) is 23.6 Å². The number of rotatable bonds is 5. The van der Waals surface area contributed by atoms with E-state index >= 15 is 0 Å². The first-order chi connectivity index (χ1) is 8.74. The Hall–Kier alpha value is -0.160. The van der Waals surface area contributed by atoms with Crippen LogP contribution in [-0.2, 0) is 9.47 Å². The number of nitrogens with zero attached hydrogens (tertiary/aromatic N) is 2. The Bertz CT molecular complexity index is 214. The standard InChI is InChI=1S/C14H28N2O2/c1-13-11-15(7-9-17-13)5-3-4-6-16-8-10-18-14(2)12-16/h13-14H,3-12H2,1-2H3. The fraction of sp³-hybridized carbons (Fsp3) is 1.00. The summed E-state index contributed by atoms with van der Waals surface area (Å²) in [6, 6.07) is 0. The van der Waals surface area contributed by atoms with Crippen LogP contribution in [0.25, 0.3) is 0 Å².